The van der Waals surface area contributed by atoms with Crippen LogP contribution in [-0.4, -0.2) is 59.8 Å². The first-order valence-corrected chi connectivity index (χ1v) is 15.7. The average molecular weight is 619 g/mol. The molecule has 3 aromatic rings. The second-order valence-electron chi connectivity index (χ2n) is 10.7. The highest BCUT2D eigenvalue weighted by Crippen LogP contribution is 2.38. The van der Waals surface area contributed by atoms with Gasteiger partial charge in [-0.1, -0.05) is 72.4 Å². The van der Waals surface area contributed by atoms with E-state index in [1.165, 1.54) is 16.7 Å². The van der Waals surface area contributed by atoms with Crippen LogP contribution < -0.4 is 5.32 Å². The van der Waals surface area contributed by atoms with E-state index < -0.39 is 51.9 Å². The molecular weight excluding hydrogens is 588 g/mol. The number of rotatable bonds is 8. The maximum Gasteiger partial charge on any atom is 0.408 e. The lowest BCUT2D eigenvalue weighted by Gasteiger charge is -2.49. The highest BCUT2D eigenvalue weighted by molar-refractivity contribution is 8.02. The number of benzene rings is 2. The molecule has 0 aliphatic carbocycles. The second kappa shape index (κ2) is 12.9. The summed E-state index contributed by atoms with van der Waals surface area (Å²) in [6.45, 7) is 5.10. The number of amides is 2. The van der Waals surface area contributed by atoms with Gasteiger partial charge in [0, 0.05) is 12.4 Å². The van der Waals surface area contributed by atoms with Gasteiger partial charge in [0.25, 0.3) is 5.91 Å². The number of fused-ring (bicyclic) bond motifs is 1. The van der Waals surface area contributed by atoms with Gasteiger partial charge in [0.2, 0.25) is 0 Å². The van der Waals surface area contributed by atoms with Gasteiger partial charge in [-0.2, -0.15) is 0 Å². The molecule has 1 fully saturated rings. The SMILES string of the molecule is CC(C)(C)OC(=O)NC1C(=O)N2C(C(=O)OC(c3ccccc3)c3ccccc3)=C(C=CSc3ncccn3)CS(=O)[C@H]12. The third-order valence-electron chi connectivity index (χ3n) is 6.44. The lowest BCUT2D eigenvalue weighted by molar-refractivity contribution is -0.153. The highest BCUT2D eigenvalue weighted by atomic mass is 32.2. The number of ether oxygens (including phenoxy) is 2. The molecule has 43 heavy (non-hydrogen) atoms. The van der Waals surface area contributed by atoms with Crippen molar-refractivity contribution in [2.24, 2.45) is 0 Å². The van der Waals surface area contributed by atoms with Gasteiger partial charge in [0.1, 0.15) is 22.7 Å². The number of β-lactam (4-membered cyclic amide) rings is 1. The summed E-state index contributed by atoms with van der Waals surface area (Å²) in [6.07, 6.45) is 3.25. The first-order valence-electron chi connectivity index (χ1n) is 13.5. The Morgan fingerprint density at radius 2 is 1.63 bits per heavy atom. The minimum absolute atomic E-state index is 0.0282. The predicted octanol–water partition coefficient (Wildman–Crippen LogP) is 4.49. The normalized spacial score (nSPS) is 20.0. The van der Waals surface area contributed by atoms with Gasteiger partial charge in [0.05, 0.1) is 16.6 Å². The largest absolute Gasteiger partial charge is 0.448 e. The van der Waals surface area contributed by atoms with Crippen LogP contribution in [0.3, 0.4) is 0 Å². The molecule has 2 unspecified atom stereocenters. The monoisotopic (exact) mass is 618 g/mol. The van der Waals surface area contributed by atoms with Crippen LogP contribution >= 0.6 is 11.8 Å². The second-order valence-corrected chi connectivity index (χ2v) is 13.1. The number of hydrogen-bond acceptors (Lipinski definition) is 9. The van der Waals surface area contributed by atoms with E-state index in [-0.39, 0.29) is 11.4 Å². The minimum Gasteiger partial charge on any atom is -0.448 e. The van der Waals surface area contributed by atoms with Crippen molar-refractivity contribution in [3.8, 4) is 0 Å². The summed E-state index contributed by atoms with van der Waals surface area (Å²) in [5, 5.41) is 3.71. The van der Waals surface area contributed by atoms with E-state index in [1.54, 1.807) is 50.7 Å². The van der Waals surface area contributed by atoms with Gasteiger partial charge in [-0.05, 0) is 55.0 Å². The summed E-state index contributed by atoms with van der Waals surface area (Å²) in [5.74, 6) is -1.39. The minimum atomic E-state index is -1.64. The molecule has 222 valence electrons. The van der Waals surface area contributed by atoms with Crippen LogP contribution in [0, 0.1) is 0 Å². The van der Waals surface area contributed by atoms with Crippen molar-refractivity contribution >= 4 is 40.5 Å². The summed E-state index contributed by atoms with van der Waals surface area (Å²) in [7, 11) is -1.64. The summed E-state index contributed by atoms with van der Waals surface area (Å²) in [6, 6.07) is 19.1. The Kier molecular flexibility index (Phi) is 9.07. The van der Waals surface area contributed by atoms with Crippen molar-refractivity contribution < 1.29 is 28.1 Å². The molecular formula is C31H30N4O6S2. The van der Waals surface area contributed by atoms with E-state index in [9.17, 15) is 18.6 Å². The first kappa shape index (κ1) is 30.2. The Bertz CT molecular complexity index is 1540. The third kappa shape index (κ3) is 7.03. The molecule has 1 saturated heterocycles. The molecule has 0 spiro atoms. The van der Waals surface area contributed by atoms with Gasteiger partial charge in [0.15, 0.2) is 11.3 Å². The zero-order valence-electron chi connectivity index (χ0n) is 23.7. The number of hydrogen-bond donors (Lipinski definition) is 1. The number of alkyl carbamates (subject to hydrolysis) is 1. The van der Waals surface area contributed by atoms with Crippen molar-refractivity contribution in [2.45, 2.75) is 49.0 Å². The molecule has 2 aliphatic rings. The van der Waals surface area contributed by atoms with Gasteiger partial charge >= 0.3 is 12.1 Å². The van der Waals surface area contributed by atoms with Crippen molar-refractivity contribution in [3.05, 3.63) is 113 Å². The number of esters is 1. The van der Waals surface area contributed by atoms with Crippen LogP contribution in [0.25, 0.3) is 0 Å². The molecule has 5 rings (SSSR count). The molecule has 0 radical (unpaired) electrons. The molecule has 2 aliphatic heterocycles. The Balaban J connectivity index is 1.48. The lowest BCUT2D eigenvalue weighted by atomic mass is 10.0. The van der Waals surface area contributed by atoms with E-state index >= 15 is 0 Å². The van der Waals surface area contributed by atoms with Gasteiger partial charge in [-0.15, -0.1) is 0 Å². The standard InChI is InChI=1S/C31H30N4O6S2/c1-31(2,3)41-30(38)34-23-26(36)35-24(22(19-43(39)27(23)35)15-18-42-29-32-16-10-17-33-29)28(37)40-25(20-11-6-4-7-12-20)21-13-8-5-9-14-21/h4-18,23,25,27H,19H2,1-3H3,(H,34,38)/t23?,27-,43?/m1/s1. The Morgan fingerprint density at radius 3 is 2.21 bits per heavy atom. The Morgan fingerprint density at radius 1 is 1.02 bits per heavy atom. The zero-order valence-corrected chi connectivity index (χ0v) is 25.3. The predicted molar refractivity (Wildman–Crippen MR) is 162 cm³/mol. The molecule has 2 amide bonds. The maximum absolute atomic E-state index is 14.0. The van der Waals surface area contributed by atoms with Crippen LogP contribution in [0.2, 0.25) is 0 Å². The van der Waals surface area contributed by atoms with Crippen molar-refractivity contribution in [1.82, 2.24) is 20.2 Å². The molecule has 12 heteroatoms. The number of aromatic nitrogens is 2. The van der Waals surface area contributed by atoms with Crippen molar-refractivity contribution in [1.29, 1.82) is 0 Å². The fourth-order valence-corrected chi connectivity index (χ4v) is 6.87. The Hall–Kier alpha value is -4.29. The van der Waals surface area contributed by atoms with Crippen LogP contribution in [0.1, 0.15) is 38.0 Å². The lowest BCUT2D eigenvalue weighted by Crippen LogP contribution is -2.73. The molecule has 10 nitrogen and oxygen atoms in total. The average Bonchev–Trinajstić information content (AvgIpc) is 2.99. The number of allylic oxidation sites excluding steroid dienone is 1. The highest BCUT2D eigenvalue weighted by Gasteiger charge is 2.57. The molecule has 1 aromatic heterocycles. The number of nitrogens with one attached hydrogen (secondary N) is 1. The van der Waals surface area contributed by atoms with Crippen LogP contribution in [0.5, 0.6) is 0 Å². The summed E-state index contributed by atoms with van der Waals surface area (Å²) >= 11 is 1.21. The maximum atomic E-state index is 14.0. The Labute approximate surface area is 256 Å². The molecule has 3 heterocycles. The summed E-state index contributed by atoms with van der Waals surface area (Å²) < 4.78 is 24.8. The molecule has 0 saturated carbocycles. The van der Waals surface area contributed by atoms with Crippen molar-refractivity contribution in [3.63, 3.8) is 0 Å². The topological polar surface area (TPSA) is 128 Å². The van der Waals surface area contributed by atoms with Crippen LogP contribution in [0.4, 0.5) is 4.79 Å². The summed E-state index contributed by atoms with van der Waals surface area (Å²) in [5.41, 5.74) is 1.02. The van der Waals surface area contributed by atoms with Crippen LogP contribution in [-0.2, 0) is 29.9 Å². The fourth-order valence-electron chi connectivity index (χ4n) is 4.63. The smallest absolute Gasteiger partial charge is 0.408 e. The number of carbonyl (C=O) groups is 3. The van der Waals surface area contributed by atoms with E-state index in [0.717, 1.165) is 11.1 Å². The number of thioether (sulfide) groups is 1. The molecule has 2 aromatic carbocycles. The van der Waals surface area contributed by atoms with E-state index in [2.05, 4.69) is 15.3 Å². The quantitative estimate of drug-likeness (QED) is 0.168. The molecule has 1 N–H and O–H groups in total. The third-order valence-corrected chi connectivity index (χ3v) is 8.75. The fraction of sp³-hybridized carbons (Fsp3) is 0.258. The number of carbonyl (C=O) groups excluding carboxylic acids is 3. The molecule has 0 bridgehead atoms. The van der Waals surface area contributed by atoms with Gasteiger partial charge < -0.3 is 14.8 Å². The van der Waals surface area contributed by atoms with Crippen LogP contribution in [0.15, 0.2) is 107 Å². The zero-order chi connectivity index (χ0) is 30.6. The van der Waals surface area contributed by atoms with E-state index in [4.69, 9.17) is 9.47 Å². The first-order chi connectivity index (χ1) is 20.6. The van der Waals surface area contributed by atoms with Gasteiger partial charge in [-0.25, -0.2) is 19.6 Å². The van der Waals surface area contributed by atoms with Crippen molar-refractivity contribution in [2.75, 3.05) is 5.75 Å². The molecule has 3 atom stereocenters. The van der Waals surface area contributed by atoms with E-state index in [1.807, 2.05) is 60.7 Å². The van der Waals surface area contributed by atoms with E-state index in [0.29, 0.717) is 10.7 Å². The summed E-state index contributed by atoms with van der Waals surface area (Å²) in [4.78, 5) is 49.4. The number of nitrogens with zero attached hydrogens (tertiary/aromatic N) is 3. The van der Waals surface area contributed by atoms with Gasteiger partial charge in [-0.3, -0.25) is 13.9 Å².